The summed E-state index contributed by atoms with van der Waals surface area (Å²) in [7, 11) is 3.66. The Balaban J connectivity index is 1.60. The molecule has 158 valence electrons. The Kier molecular flexibility index (Phi) is 6.04. The van der Waals surface area contributed by atoms with Crippen LogP contribution in [0.4, 0.5) is 18.9 Å². The van der Waals surface area contributed by atoms with Gasteiger partial charge in [-0.3, -0.25) is 9.67 Å². The average Bonchev–Trinajstić information content (AvgIpc) is 2.94. The Morgan fingerprint density at radius 3 is 2.41 bits per heavy atom. The maximum Gasteiger partial charge on any atom is 0.416 e. The molecule has 29 heavy (non-hydrogen) atoms. The van der Waals surface area contributed by atoms with E-state index < -0.39 is 11.7 Å². The minimum Gasteiger partial charge on any atom is -0.368 e. The van der Waals surface area contributed by atoms with E-state index in [0.29, 0.717) is 38.4 Å². The maximum absolute atomic E-state index is 13.0. The first-order chi connectivity index (χ1) is 13.7. The second-order valence-corrected chi connectivity index (χ2v) is 7.20. The van der Waals surface area contributed by atoms with E-state index in [4.69, 9.17) is 0 Å². The molecule has 0 bridgehead atoms. The minimum absolute atomic E-state index is 0.601. The van der Waals surface area contributed by atoms with Crippen molar-refractivity contribution in [1.82, 2.24) is 20.0 Å². The van der Waals surface area contributed by atoms with Crippen LogP contribution in [-0.2, 0) is 19.8 Å². The number of aromatic nitrogens is 2. The Labute approximate surface area is 169 Å². The number of guanidine groups is 1. The van der Waals surface area contributed by atoms with Gasteiger partial charge in [-0.1, -0.05) is 6.07 Å². The number of hydrogen-bond acceptors (Lipinski definition) is 3. The van der Waals surface area contributed by atoms with Gasteiger partial charge in [-0.2, -0.15) is 18.3 Å². The van der Waals surface area contributed by atoms with Gasteiger partial charge >= 0.3 is 6.18 Å². The number of anilines is 1. The number of aliphatic imine (C=N–C) groups is 1. The lowest BCUT2D eigenvalue weighted by Crippen LogP contribution is -2.52. The van der Waals surface area contributed by atoms with Gasteiger partial charge in [0.1, 0.15) is 0 Å². The number of nitrogens with zero attached hydrogens (tertiary/aromatic N) is 5. The quantitative estimate of drug-likeness (QED) is 0.627. The van der Waals surface area contributed by atoms with Crippen molar-refractivity contribution in [2.45, 2.75) is 26.6 Å². The van der Waals surface area contributed by atoms with Gasteiger partial charge in [0.25, 0.3) is 0 Å². The highest BCUT2D eigenvalue weighted by atomic mass is 19.4. The van der Waals surface area contributed by atoms with Crippen molar-refractivity contribution >= 4 is 11.6 Å². The number of piperazine rings is 1. The monoisotopic (exact) mass is 408 g/mol. The molecule has 1 aromatic heterocycles. The number of nitrogens with one attached hydrogen (secondary N) is 1. The van der Waals surface area contributed by atoms with Gasteiger partial charge in [0.15, 0.2) is 5.96 Å². The van der Waals surface area contributed by atoms with Gasteiger partial charge in [-0.15, -0.1) is 0 Å². The highest BCUT2D eigenvalue weighted by Crippen LogP contribution is 2.31. The minimum atomic E-state index is -4.33. The summed E-state index contributed by atoms with van der Waals surface area (Å²) in [5.74, 6) is 0.788. The lowest BCUT2D eigenvalue weighted by molar-refractivity contribution is -0.137. The van der Waals surface area contributed by atoms with E-state index in [1.165, 1.54) is 12.1 Å². The first-order valence-electron chi connectivity index (χ1n) is 9.57. The third-order valence-electron chi connectivity index (χ3n) is 5.41. The molecule has 3 rings (SSSR count). The molecule has 1 saturated heterocycles. The van der Waals surface area contributed by atoms with Crippen LogP contribution in [0.25, 0.3) is 0 Å². The Hall–Kier alpha value is -2.71. The zero-order valence-electron chi connectivity index (χ0n) is 17.2. The molecule has 0 saturated carbocycles. The summed E-state index contributed by atoms with van der Waals surface area (Å²) in [4.78, 5) is 8.48. The molecule has 1 aliphatic rings. The molecular weight excluding hydrogens is 381 g/mol. The Morgan fingerprint density at radius 2 is 1.86 bits per heavy atom. The molecule has 1 fully saturated rings. The zero-order chi connectivity index (χ0) is 21.2. The van der Waals surface area contributed by atoms with Crippen LogP contribution < -0.4 is 10.2 Å². The van der Waals surface area contributed by atoms with Crippen molar-refractivity contribution in [2.24, 2.45) is 12.0 Å². The van der Waals surface area contributed by atoms with E-state index in [9.17, 15) is 13.2 Å². The molecule has 0 atom stereocenters. The molecule has 2 heterocycles. The molecule has 9 heteroatoms. The second kappa shape index (κ2) is 8.34. The standard InChI is InChI=1S/C20H27F3N6/c1-14-18(15(2)27(4)26-14)13-25-19(24-3)29-10-8-28(9-11-29)17-7-5-6-16(12-17)20(21,22)23/h5-7,12H,8-11,13H2,1-4H3,(H,24,25). The van der Waals surface area contributed by atoms with Gasteiger partial charge in [-0.25, -0.2) is 0 Å². The smallest absolute Gasteiger partial charge is 0.368 e. The van der Waals surface area contributed by atoms with E-state index in [1.807, 2.05) is 30.5 Å². The van der Waals surface area contributed by atoms with Crippen LogP contribution in [0.1, 0.15) is 22.5 Å². The SMILES string of the molecule is CN=C(NCc1c(C)nn(C)c1C)N1CCN(c2cccc(C(F)(F)F)c2)CC1. The van der Waals surface area contributed by atoms with Crippen LogP contribution in [0, 0.1) is 13.8 Å². The van der Waals surface area contributed by atoms with Gasteiger partial charge in [0.2, 0.25) is 0 Å². The van der Waals surface area contributed by atoms with Crippen molar-refractivity contribution < 1.29 is 13.2 Å². The number of hydrogen-bond donors (Lipinski definition) is 1. The van der Waals surface area contributed by atoms with Crippen molar-refractivity contribution in [2.75, 3.05) is 38.1 Å². The van der Waals surface area contributed by atoms with E-state index in [-0.39, 0.29) is 0 Å². The zero-order valence-corrected chi connectivity index (χ0v) is 17.2. The molecule has 1 aromatic carbocycles. The van der Waals surface area contributed by atoms with Crippen LogP contribution in [0.3, 0.4) is 0 Å². The van der Waals surface area contributed by atoms with Crippen LogP contribution in [-0.4, -0.2) is 53.9 Å². The Bertz CT molecular complexity index is 879. The van der Waals surface area contributed by atoms with E-state index in [1.54, 1.807) is 13.1 Å². The number of benzene rings is 1. The molecule has 0 spiro atoms. The fourth-order valence-corrected chi connectivity index (χ4v) is 3.63. The predicted octanol–water partition coefficient (Wildman–Crippen LogP) is 2.95. The molecule has 2 aromatic rings. The summed E-state index contributed by atoms with van der Waals surface area (Å²) in [5.41, 5.74) is 3.24. The molecule has 0 aliphatic carbocycles. The molecular formula is C20H27F3N6. The highest BCUT2D eigenvalue weighted by molar-refractivity contribution is 5.80. The summed E-state index contributed by atoms with van der Waals surface area (Å²) in [6.07, 6.45) is -4.33. The van der Waals surface area contributed by atoms with Gasteiger partial charge in [0.05, 0.1) is 11.3 Å². The summed E-state index contributed by atoms with van der Waals surface area (Å²) in [5, 5.41) is 7.82. The summed E-state index contributed by atoms with van der Waals surface area (Å²) < 4.78 is 40.8. The average molecular weight is 408 g/mol. The maximum atomic E-state index is 13.0. The van der Waals surface area contributed by atoms with Crippen LogP contribution in [0.5, 0.6) is 0 Å². The van der Waals surface area contributed by atoms with Crippen LogP contribution >= 0.6 is 0 Å². The highest BCUT2D eigenvalue weighted by Gasteiger charge is 2.31. The largest absolute Gasteiger partial charge is 0.416 e. The van der Waals surface area contributed by atoms with Gasteiger partial charge in [-0.05, 0) is 32.0 Å². The Morgan fingerprint density at radius 1 is 1.17 bits per heavy atom. The lowest BCUT2D eigenvalue weighted by Gasteiger charge is -2.37. The normalized spacial score (nSPS) is 15.8. The molecule has 0 unspecified atom stereocenters. The summed E-state index contributed by atoms with van der Waals surface area (Å²) in [6, 6.07) is 5.51. The van der Waals surface area contributed by atoms with Crippen LogP contribution in [0.15, 0.2) is 29.3 Å². The summed E-state index contributed by atoms with van der Waals surface area (Å²) >= 11 is 0. The predicted molar refractivity (Wildman–Crippen MR) is 108 cm³/mol. The molecule has 0 radical (unpaired) electrons. The first kappa shape index (κ1) is 21.0. The number of alkyl halides is 3. The second-order valence-electron chi connectivity index (χ2n) is 7.20. The van der Waals surface area contributed by atoms with Crippen molar-refractivity contribution in [3.63, 3.8) is 0 Å². The molecule has 1 N–H and O–H groups in total. The fourth-order valence-electron chi connectivity index (χ4n) is 3.63. The van der Waals surface area contributed by atoms with Crippen LogP contribution in [0.2, 0.25) is 0 Å². The van der Waals surface area contributed by atoms with Gasteiger partial charge in [0, 0.05) is 63.8 Å². The molecule has 0 amide bonds. The van der Waals surface area contributed by atoms with E-state index >= 15 is 0 Å². The third kappa shape index (κ3) is 4.65. The fraction of sp³-hybridized carbons (Fsp3) is 0.500. The topological polar surface area (TPSA) is 48.7 Å². The third-order valence-corrected chi connectivity index (χ3v) is 5.41. The summed E-state index contributed by atoms with van der Waals surface area (Å²) in [6.45, 7) is 7.28. The first-order valence-corrected chi connectivity index (χ1v) is 9.57. The number of rotatable bonds is 3. The van der Waals surface area contributed by atoms with E-state index in [0.717, 1.165) is 29.0 Å². The number of halogens is 3. The van der Waals surface area contributed by atoms with Gasteiger partial charge < -0.3 is 15.1 Å². The van der Waals surface area contributed by atoms with Crippen molar-refractivity contribution in [1.29, 1.82) is 0 Å². The molecule has 6 nitrogen and oxygen atoms in total. The molecule has 1 aliphatic heterocycles. The lowest BCUT2D eigenvalue weighted by atomic mass is 10.1. The van der Waals surface area contributed by atoms with E-state index in [2.05, 4.69) is 20.3 Å². The van der Waals surface area contributed by atoms with Crippen molar-refractivity contribution in [3.8, 4) is 0 Å². The number of aryl methyl sites for hydroxylation is 2. The van der Waals surface area contributed by atoms with Crippen molar-refractivity contribution in [3.05, 3.63) is 46.8 Å².